The Bertz CT molecular complexity index is 394. The van der Waals surface area contributed by atoms with Crippen LogP contribution in [-0.2, 0) is 4.74 Å². The minimum Gasteiger partial charge on any atom is -0.478 e. The molecule has 0 atom stereocenters. The number of rotatable bonds is 9. The third kappa shape index (κ3) is 4.67. The highest BCUT2D eigenvalue weighted by Crippen LogP contribution is 2.39. The molecule has 1 heterocycles. The van der Waals surface area contributed by atoms with E-state index in [2.05, 4.69) is 22.2 Å². The molecule has 5 nitrogen and oxygen atoms in total. The number of anilines is 1. The summed E-state index contributed by atoms with van der Waals surface area (Å²) in [7, 11) is 1.71. The summed E-state index contributed by atoms with van der Waals surface area (Å²) < 4.78 is 10.7. The predicted molar refractivity (Wildman–Crippen MR) is 74.8 cm³/mol. The summed E-state index contributed by atoms with van der Waals surface area (Å²) in [4.78, 5) is 9.04. The van der Waals surface area contributed by atoms with Crippen molar-refractivity contribution in [2.75, 3.05) is 32.2 Å². The SMILES string of the molecule is CCCOc1cc(NCCCOC)nc(C2CC2)n1. The first kappa shape index (κ1) is 14.1. The van der Waals surface area contributed by atoms with Crippen LogP contribution in [0.1, 0.15) is 44.3 Å². The van der Waals surface area contributed by atoms with Gasteiger partial charge < -0.3 is 14.8 Å². The van der Waals surface area contributed by atoms with Gasteiger partial charge in [0, 0.05) is 32.2 Å². The molecule has 1 aliphatic rings. The third-order valence-corrected chi connectivity index (χ3v) is 2.95. The van der Waals surface area contributed by atoms with Crippen LogP contribution in [0.25, 0.3) is 0 Å². The van der Waals surface area contributed by atoms with Crippen LogP contribution in [0.15, 0.2) is 6.07 Å². The molecule has 2 rings (SSSR count). The van der Waals surface area contributed by atoms with Gasteiger partial charge in [0.2, 0.25) is 5.88 Å². The van der Waals surface area contributed by atoms with Gasteiger partial charge in [0.25, 0.3) is 0 Å². The second-order valence-corrected chi connectivity index (χ2v) is 4.85. The van der Waals surface area contributed by atoms with Crippen molar-refractivity contribution in [3.8, 4) is 5.88 Å². The van der Waals surface area contributed by atoms with Gasteiger partial charge in [0.15, 0.2) is 0 Å². The van der Waals surface area contributed by atoms with Gasteiger partial charge in [0.1, 0.15) is 11.6 Å². The van der Waals surface area contributed by atoms with Crippen LogP contribution in [0.3, 0.4) is 0 Å². The summed E-state index contributed by atoms with van der Waals surface area (Å²) in [6, 6.07) is 1.88. The van der Waals surface area contributed by atoms with E-state index < -0.39 is 0 Å². The predicted octanol–water partition coefficient (Wildman–Crippen LogP) is 2.59. The molecular formula is C14H23N3O2. The normalized spacial score (nSPS) is 14.4. The number of methoxy groups -OCH3 is 1. The topological polar surface area (TPSA) is 56.3 Å². The summed E-state index contributed by atoms with van der Waals surface area (Å²) in [6.45, 7) is 4.39. The molecule has 0 aliphatic heterocycles. The van der Waals surface area contributed by atoms with Crippen LogP contribution in [0, 0.1) is 0 Å². The third-order valence-electron chi connectivity index (χ3n) is 2.95. The first-order valence-corrected chi connectivity index (χ1v) is 7.08. The summed E-state index contributed by atoms with van der Waals surface area (Å²) in [5.41, 5.74) is 0. The molecule has 1 aliphatic carbocycles. The van der Waals surface area contributed by atoms with Crippen LogP contribution in [0.4, 0.5) is 5.82 Å². The lowest BCUT2D eigenvalue weighted by atomic mass is 10.3. The van der Waals surface area contributed by atoms with Gasteiger partial charge in [-0.25, -0.2) is 4.98 Å². The fourth-order valence-corrected chi connectivity index (χ4v) is 1.77. The van der Waals surface area contributed by atoms with Crippen molar-refractivity contribution in [3.63, 3.8) is 0 Å². The van der Waals surface area contributed by atoms with E-state index in [9.17, 15) is 0 Å². The van der Waals surface area contributed by atoms with E-state index in [4.69, 9.17) is 9.47 Å². The Labute approximate surface area is 114 Å². The van der Waals surface area contributed by atoms with Gasteiger partial charge in [-0.1, -0.05) is 6.92 Å². The average molecular weight is 265 g/mol. The molecule has 5 heteroatoms. The second-order valence-electron chi connectivity index (χ2n) is 4.85. The largest absolute Gasteiger partial charge is 0.478 e. The average Bonchev–Trinajstić information content (AvgIpc) is 3.26. The summed E-state index contributed by atoms with van der Waals surface area (Å²) >= 11 is 0. The summed E-state index contributed by atoms with van der Waals surface area (Å²) in [6.07, 6.45) is 4.34. The molecule has 1 fully saturated rings. The molecular weight excluding hydrogens is 242 g/mol. The van der Waals surface area contributed by atoms with Crippen molar-refractivity contribution >= 4 is 5.82 Å². The molecule has 1 aromatic rings. The van der Waals surface area contributed by atoms with Gasteiger partial charge >= 0.3 is 0 Å². The summed E-state index contributed by atoms with van der Waals surface area (Å²) in [5.74, 6) is 3.00. The van der Waals surface area contributed by atoms with Crippen molar-refractivity contribution in [2.24, 2.45) is 0 Å². The van der Waals surface area contributed by atoms with E-state index >= 15 is 0 Å². The lowest BCUT2D eigenvalue weighted by Gasteiger charge is -2.10. The monoisotopic (exact) mass is 265 g/mol. The molecule has 1 N–H and O–H groups in total. The number of nitrogens with zero attached hydrogens (tertiary/aromatic N) is 2. The minimum atomic E-state index is 0.532. The molecule has 19 heavy (non-hydrogen) atoms. The Morgan fingerprint density at radius 1 is 1.32 bits per heavy atom. The van der Waals surface area contributed by atoms with Crippen molar-refractivity contribution in [1.82, 2.24) is 9.97 Å². The molecule has 0 unspecified atom stereocenters. The highest BCUT2D eigenvalue weighted by atomic mass is 16.5. The first-order chi connectivity index (χ1) is 9.33. The Morgan fingerprint density at radius 2 is 2.16 bits per heavy atom. The van der Waals surface area contributed by atoms with Crippen LogP contribution in [0.5, 0.6) is 5.88 Å². The lowest BCUT2D eigenvalue weighted by molar-refractivity contribution is 0.197. The molecule has 0 amide bonds. The molecule has 0 spiro atoms. The molecule has 0 saturated heterocycles. The Balaban J connectivity index is 1.97. The maximum absolute atomic E-state index is 5.63. The summed E-state index contributed by atoms with van der Waals surface area (Å²) in [5, 5.41) is 3.31. The van der Waals surface area contributed by atoms with Gasteiger partial charge in [-0.2, -0.15) is 4.98 Å². The minimum absolute atomic E-state index is 0.532. The van der Waals surface area contributed by atoms with E-state index in [-0.39, 0.29) is 0 Å². The fourth-order valence-electron chi connectivity index (χ4n) is 1.77. The standard InChI is InChI=1S/C14H23N3O2/c1-3-8-19-13-10-12(15-7-4-9-18-2)16-14(17-13)11-5-6-11/h10-11H,3-9H2,1-2H3,(H,15,16,17). The van der Waals surface area contributed by atoms with Crippen molar-refractivity contribution in [2.45, 2.75) is 38.5 Å². The number of aromatic nitrogens is 2. The molecule has 1 aromatic heterocycles. The van der Waals surface area contributed by atoms with E-state index in [0.717, 1.165) is 37.6 Å². The molecule has 0 aromatic carbocycles. The van der Waals surface area contributed by atoms with E-state index in [0.29, 0.717) is 18.4 Å². The van der Waals surface area contributed by atoms with Crippen LogP contribution in [0.2, 0.25) is 0 Å². The number of hydrogen-bond acceptors (Lipinski definition) is 5. The molecule has 0 bridgehead atoms. The van der Waals surface area contributed by atoms with E-state index in [1.165, 1.54) is 12.8 Å². The fraction of sp³-hybridized carbons (Fsp3) is 0.714. The Kier molecular flexibility index (Phi) is 5.39. The zero-order valence-electron chi connectivity index (χ0n) is 11.8. The Morgan fingerprint density at radius 3 is 2.84 bits per heavy atom. The maximum Gasteiger partial charge on any atom is 0.218 e. The maximum atomic E-state index is 5.63. The highest BCUT2D eigenvalue weighted by Gasteiger charge is 2.27. The van der Waals surface area contributed by atoms with E-state index in [1.807, 2.05) is 6.07 Å². The first-order valence-electron chi connectivity index (χ1n) is 7.08. The van der Waals surface area contributed by atoms with Crippen LogP contribution >= 0.6 is 0 Å². The zero-order valence-corrected chi connectivity index (χ0v) is 11.8. The van der Waals surface area contributed by atoms with Crippen LogP contribution in [-0.4, -0.2) is 36.8 Å². The molecule has 0 radical (unpaired) electrons. The molecule has 106 valence electrons. The number of nitrogens with one attached hydrogen (secondary N) is 1. The van der Waals surface area contributed by atoms with Gasteiger partial charge in [-0.3, -0.25) is 0 Å². The lowest BCUT2D eigenvalue weighted by Crippen LogP contribution is -2.09. The quantitative estimate of drug-likeness (QED) is 0.695. The van der Waals surface area contributed by atoms with Crippen LogP contribution < -0.4 is 10.1 Å². The van der Waals surface area contributed by atoms with Crippen molar-refractivity contribution in [3.05, 3.63) is 11.9 Å². The molecule has 1 saturated carbocycles. The smallest absolute Gasteiger partial charge is 0.218 e. The van der Waals surface area contributed by atoms with Gasteiger partial charge in [-0.15, -0.1) is 0 Å². The Hall–Kier alpha value is -1.36. The van der Waals surface area contributed by atoms with Gasteiger partial charge in [0.05, 0.1) is 6.61 Å². The van der Waals surface area contributed by atoms with Crippen molar-refractivity contribution < 1.29 is 9.47 Å². The zero-order chi connectivity index (χ0) is 13.5. The van der Waals surface area contributed by atoms with Crippen molar-refractivity contribution in [1.29, 1.82) is 0 Å². The van der Waals surface area contributed by atoms with Gasteiger partial charge in [-0.05, 0) is 25.7 Å². The van der Waals surface area contributed by atoms with E-state index in [1.54, 1.807) is 7.11 Å². The number of ether oxygens (including phenoxy) is 2. The number of hydrogen-bond donors (Lipinski definition) is 1. The second kappa shape index (κ2) is 7.28. The highest BCUT2D eigenvalue weighted by molar-refractivity contribution is 5.39.